The first-order chi connectivity index (χ1) is 9.93. The first kappa shape index (κ1) is 16.4. The standard InChI is InChI=1S/C14H13BrFIN2O2/c1-2-5-18-8-12(17)13(20)19(14(18)21)7-9-3-4-10(16)6-11(9)15/h3-4,6,8H,2,5,7H2,1H3. The van der Waals surface area contributed by atoms with Gasteiger partial charge in [-0.1, -0.05) is 28.9 Å². The van der Waals surface area contributed by atoms with Crippen LogP contribution in [-0.4, -0.2) is 9.13 Å². The van der Waals surface area contributed by atoms with Gasteiger partial charge < -0.3 is 0 Å². The first-order valence-corrected chi connectivity index (χ1v) is 8.25. The van der Waals surface area contributed by atoms with E-state index in [0.717, 1.165) is 6.42 Å². The maximum atomic E-state index is 13.1. The van der Waals surface area contributed by atoms with Gasteiger partial charge in [0, 0.05) is 17.2 Å². The van der Waals surface area contributed by atoms with E-state index in [1.54, 1.807) is 12.3 Å². The summed E-state index contributed by atoms with van der Waals surface area (Å²) < 4.78 is 16.8. The molecule has 0 saturated carbocycles. The zero-order valence-corrected chi connectivity index (χ0v) is 15.0. The number of aryl methyl sites for hydroxylation is 1. The van der Waals surface area contributed by atoms with Crippen LogP contribution in [-0.2, 0) is 13.1 Å². The monoisotopic (exact) mass is 466 g/mol. The van der Waals surface area contributed by atoms with Crippen LogP contribution in [0, 0.1) is 9.39 Å². The molecule has 2 rings (SSSR count). The van der Waals surface area contributed by atoms with Gasteiger partial charge in [0.1, 0.15) is 5.82 Å². The second-order valence-corrected chi connectivity index (χ2v) is 6.60. The third kappa shape index (κ3) is 3.63. The average molecular weight is 467 g/mol. The van der Waals surface area contributed by atoms with Gasteiger partial charge in [-0.2, -0.15) is 0 Å². The number of hydrogen-bond donors (Lipinski definition) is 0. The summed E-state index contributed by atoms with van der Waals surface area (Å²) in [5, 5.41) is 0. The molecule has 7 heteroatoms. The largest absolute Gasteiger partial charge is 0.331 e. The van der Waals surface area contributed by atoms with Crippen molar-refractivity contribution in [3.8, 4) is 0 Å². The molecule has 0 aliphatic carbocycles. The van der Waals surface area contributed by atoms with Crippen molar-refractivity contribution in [3.63, 3.8) is 0 Å². The van der Waals surface area contributed by atoms with E-state index >= 15 is 0 Å². The molecular weight excluding hydrogens is 454 g/mol. The topological polar surface area (TPSA) is 44.0 Å². The lowest BCUT2D eigenvalue weighted by Gasteiger charge is -2.11. The number of hydrogen-bond acceptors (Lipinski definition) is 2. The Kier molecular flexibility index (Phi) is 5.37. The Morgan fingerprint density at radius 1 is 1.33 bits per heavy atom. The highest BCUT2D eigenvalue weighted by atomic mass is 127. The van der Waals surface area contributed by atoms with Crippen LogP contribution in [0.1, 0.15) is 18.9 Å². The zero-order valence-electron chi connectivity index (χ0n) is 11.3. The predicted octanol–water partition coefficient (Wildman–Crippen LogP) is 2.97. The number of halogens is 3. The van der Waals surface area contributed by atoms with E-state index in [0.29, 0.717) is 20.2 Å². The van der Waals surface area contributed by atoms with Crippen LogP contribution in [0.5, 0.6) is 0 Å². The van der Waals surface area contributed by atoms with Crippen molar-refractivity contribution in [2.24, 2.45) is 0 Å². The molecule has 0 amide bonds. The molecule has 1 heterocycles. The van der Waals surface area contributed by atoms with E-state index in [2.05, 4.69) is 15.9 Å². The fraction of sp³-hybridized carbons (Fsp3) is 0.286. The van der Waals surface area contributed by atoms with E-state index in [9.17, 15) is 14.0 Å². The number of benzene rings is 1. The summed E-state index contributed by atoms with van der Waals surface area (Å²) in [5.41, 5.74) is 0.00307. The van der Waals surface area contributed by atoms with Crippen molar-refractivity contribution in [1.82, 2.24) is 9.13 Å². The molecule has 0 unspecified atom stereocenters. The van der Waals surface area contributed by atoms with E-state index < -0.39 is 0 Å². The van der Waals surface area contributed by atoms with Crippen LogP contribution in [0.2, 0.25) is 0 Å². The SMILES string of the molecule is CCCn1cc(I)c(=O)n(Cc2ccc(F)cc2Br)c1=O. The molecule has 0 fully saturated rings. The van der Waals surface area contributed by atoms with Gasteiger partial charge in [-0.3, -0.25) is 13.9 Å². The van der Waals surface area contributed by atoms with E-state index in [4.69, 9.17) is 0 Å². The second kappa shape index (κ2) is 6.87. The Bertz CT molecular complexity index is 786. The molecule has 0 N–H and O–H groups in total. The maximum Gasteiger partial charge on any atom is 0.331 e. The van der Waals surface area contributed by atoms with Crippen LogP contribution in [0.15, 0.2) is 38.5 Å². The summed E-state index contributed by atoms with van der Waals surface area (Å²) in [6.07, 6.45) is 2.37. The molecule has 1 aromatic heterocycles. The highest BCUT2D eigenvalue weighted by Crippen LogP contribution is 2.18. The fourth-order valence-corrected chi connectivity index (χ4v) is 3.08. The summed E-state index contributed by atoms with van der Waals surface area (Å²) in [6, 6.07) is 4.19. The van der Waals surface area contributed by atoms with E-state index in [-0.39, 0.29) is 23.6 Å². The third-order valence-corrected chi connectivity index (χ3v) is 4.48. The lowest BCUT2D eigenvalue weighted by Crippen LogP contribution is -2.41. The van der Waals surface area contributed by atoms with Crippen molar-refractivity contribution < 1.29 is 4.39 Å². The van der Waals surface area contributed by atoms with Gasteiger partial charge in [0.05, 0.1) is 10.1 Å². The minimum Gasteiger partial charge on any atom is -0.299 e. The highest BCUT2D eigenvalue weighted by Gasteiger charge is 2.11. The average Bonchev–Trinajstić information content (AvgIpc) is 2.43. The fourth-order valence-electron chi connectivity index (χ4n) is 1.98. The molecule has 21 heavy (non-hydrogen) atoms. The van der Waals surface area contributed by atoms with E-state index in [1.807, 2.05) is 29.5 Å². The van der Waals surface area contributed by atoms with Gasteiger partial charge in [-0.15, -0.1) is 0 Å². The molecule has 4 nitrogen and oxygen atoms in total. The van der Waals surface area contributed by atoms with Crippen molar-refractivity contribution in [3.05, 3.63) is 64.7 Å². The second-order valence-electron chi connectivity index (χ2n) is 4.58. The molecule has 1 aromatic carbocycles. The number of aromatic nitrogens is 2. The van der Waals surface area contributed by atoms with E-state index in [1.165, 1.54) is 21.3 Å². The minimum absolute atomic E-state index is 0.110. The number of nitrogens with zero attached hydrogens (tertiary/aromatic N) is 2. The minimum atomic E-state index is -0.371. The smallest absolute Gasteiger partial charge is 0.299 e. The Morgan fingerprint density at radius 3 is 2.67 bits per heavy atom. The Labute approximate surface area is 142 Å². The third-order valence-electron chi connectivity index (χ3n) is 3.00. The van der Waals surface area contributed by atoms with Gasteiger partial charge in [0.25, 0.3) is 5.56 Å². The van der Waals surface area contributed by atoms with Crippen molar-refractivity contribution in [2.45, 2.75) is 26.4 Å². The lowest BCUT2D eigenvalue weighted by molar-refractivity contribution is 0.565. The Balaban J connectivity index is 2.53. The summed E-state index contributed by atoms with van der Waals surface area (Å²) >= 11 is 5.18. The number of rotatable bonds is 4. The van der Waals surface area contributed by atoms with Gasteiger partial charge in [0.15, 0.2) is 0 Å². The van der Waals surface area contributed by atoms with Crippen LogP contribution in [0.25, 0.3) is 0 Å². The summed E-state index contributed by atoms with van der Waals surface area (Å²) in [5.74, 6) is -0.371. The normalized spacial score (nSPS) is 10.9. The van der Waals surface area contributed by atoms with Gasteiger partial charge in [-0.05, 0) is 46.7 Å². The molecule has 0 bridgehead atoms. The molecule has 112 valence electrons. The van der Waals surface area contributed by atoms with Gasteiger partial charge >= 0.3 is 5.69 Å². The highest BCUT2D eigenvalue weighted by molar-refractivity contribution is 14.1. The molecule has 0 aliphatic rings. The molecule has 2 aromatic rings. The summed E-state index contributed by atoms with van der Waals surface area (Å²) in [4.78, 5) is 24.5. The van der Waals surface area contributed by atoms with Gasteiger partial charge in [0.2, 0.25) is 0 Å². The molecule has 0 spiro atoms. The molecule has 0 atom stereocenters. The van der Waals surface area contributed by atoms with Crippen LogP contribution in [0.3, 0.4) is 0 Å². The van der Waals surface area contributed by atoms with Gasteiger partial charge in [-0.25, -0.2) is 9.18 Å². The summed E-state index contributed by atoms with van der Waals surface area (Å²) in [7, 11) is 0. The molecule has 0 saturated heterocycles. The van der Waals surface area contributed by atoms with Crippen LogP contribution >= 0.6 is 38.5 Å². The molecule has 0 radical (unpaired) electrons. The van der Waals surface area contributed by atoms with Crippen molar-refractivity contribution in [1.29, 1.82) is 0 Å². The zero-order chi connectivity index (χ0) is 15.6. The van der Waals surface area contributed by atoms with Crippen molar-refractivity contribution in [2.75, 3.05) is 0 Å². The Morgan fingerprint density at radius 2 is 2.05 bits per heavy atom. The summed E-state index contributed by atoms with van der Waals surface area (Å²) in [6.45, 7) is 2.63. The van der Waals surface area contributed by atoms with Crippen LogP contribution < -0.4 is 11.2 Å². The quantitative estimate of drug-likeness (QED) is 0.650. The Hall–Kier alpha value is -0.960. The van der Waals surface area contributed by atoms with Crippen LogP contribution in [0.4, 0.5) is 4.39 Å². The predicted molar refractivity (Wildman–Crippen MR) is 91.2 cm³/mol. The molecular formula is C14H13BrFIN2O2. The first-order valence-electron chi connectivity index (χ1n) is 6.37. The maximum absolute atomic E-state index is 13.1. The molecule has 0 aliphatic heterocycles. The van der Waals surface area contributed by atoms with Crippen molar-refractivity contribution >= 4 is 38.5 Å². The lowest BCUT2D eigenvalue weighted by atomic mass is 10.2.